The van der Waals surface area contributed by atoms with E-state index < -0.39 is 0 Å². The van der Waals surface area contributed by atoms with E-state index in [1.807, 2.05) is 6.26 Å². The van der Waals surface area contributed by atoms with E-state index in [4.69, 9.17) is 0 Å². The quantitative estimate of drug-likeness (QED) is 0.678. The molecule has 0 unspecified atom stereocenters. The second-order valence-corrected chi connectivity index (χ2v) is 4.86. The van der Waals surface area contributed by atoms with Crippen LogP contribution in [-0.4, -0.2) is 20.9 Å². The van der Waals surface area contributed by atoms with Crippen LogP contribution < -0.4 is 0 Å². The highest BCUT2D eigenvalue weighted by Crippen LogP contribution is 2.26. The summed E-state index contributed by atoms with van der Waals surface area (Å²) in [5, 5.41) is 14.3. The molecule has 0 atom stereocenters. The number of rotatable bonds is 2. The maximum absolute atomic E-state index is 13.0. The number of aromatic nitrogens is 3. The van der Waals surface area contributed by atoms with Crippen LogP contribution >= 0.6 is 11.8 Å². The summed E-state index contributed by atoms with van der Waals surface area (Å²) in [4.78, 5) is 4.21. The minimum absolute atomic E-state index is 0.290. The average Bonchev–Trinajstić information content (AvgIpc) is 2.85. The fourth-order valence-electron chi connectivity index (χ4n) is 2.01. The van der Waals surface area contributed by atoms with Gasteiger partial charge in [0, 0.05) is 11.8 Å². The van der Waals surface area contributed by atoms with Gasteiger partial charge < -0.3 is 0 Å². The van der Waals surface area contributed by atoms with Gasteiger partial charge in [-0.1, -0.05) is 0 Å². The summed E-state index contributed by atoms with van der Waals surface area (Å²) in [6.45, 7) is 0. The van der Waals surface area contributed by atoms with E-state index in [0.717, 1.165) is 11.3 Å². The molecule has 0 amide bonds. The van der Waals surface area contributed by atoms with Crippen molar-refractivity contribution in [3.05, 3.63) is 47.9 Å². The molecule has 0 aliphatic heterocycles. The first-order valence-electron chi connectivity index (χ1n) is 5.82. The maximum Gasteiger partial charge on any atom is 0.174 e. The van der Waals surface area contributed by atoms with Gasteiger partial charge in [-0.25, -0.2) is 13.9 Å². The normalized spacial score (nSPS) is 10.7. The number of benzene rings is 1. The predicted octanol–water partition coefficient (Wildman–Crippen LogP) is 3.13. The van der Waals surface area contributed by atoms with Gasteiger partial charge in [0.1, 0.15) is 22.5 Å². The molecule has 0 N–H and O–H groups in total. The fraction of sp³-hybridized carbons (Fsp3) is 0.0714. The van der Waals surface area contributed by atoms with Gasteiger partial charge in [0.05, 0.1) is 5.69 Å². The van der Waals surface area contributed by atoms with Crippen molar-refractivity contribution in [3.8, 4) is 17.3 Å². The van der Waals surface area contributed by atoms with Crippen molar-refractivity contribution < 1.29 is 4.39 Å². The lowest BCUT2D eigenvalue weighted by Crippen LogP contribution is -1.96. The summed E-state index contributed by atoms with van der Waals surface area (Å²) in [5.41, 5.74) is 2.56. The van der Waals surface area contributed by atoms with Crippen molar-refractivity contribution in [2.45, 2.75) is 5.03 Å². The molecule has 0 aliphatic carbocycles. The maximum atomic E-state index is 13.0. The van der Waals surface area contributed by atoms with Crippen LogP contribution in [0.15, 0.2) is 41.6 Å². The number of hydrogen-bond donors (Lipinski definition) is 0. The van der Waals surface area contributed by atoms with Crippen LogP contribution in [0.25, 0.3) is 16.9 Å². The molecule has 20 heavy (non-hydrogen) atoms. The fourth-order valence-corrected chi connectivity index (χ4v) is 2.51. The third-order valence-electron chi connectivity index (χ3n) is 2.93. The van der Waals surface area contributed by atoms with E-state index >= 15 is 0 Å². The Balaban J connectivity index is 2.30. The zero-order valence-electron chi connectivity index (χ0n) is 10.5. The van der Waals surface area contributed by atoms with Gasteiger partial charge in [0.15, 0.2) is 5.65 Å². The van der Waals surface area contributed by atoms with E-state index in [-0.39, 0.29) is 5.82 Å². The first kappa shape index (κ1) is 12.6. The topological polar surface area (TPSA) is 54.0 Å². The monoisotopic (exact) mass is 284 g/mol. The zero-order chi connectivity index (χ0) is 14.1. The van der Waals surface area contributed by atoms with Crippen molar-refractivity contribution in [1.29, 1.82) is 5.26 Å². The van der Waals surface area contributed by atoms with Gasteiger partial charge in [-0.3, -0.25) is 0 Å². The smallest absolute Gasteiger partial charge is 0.174 e. The molecule has 2 heterocycles. The number of nitriles is 1. The molecule has 1 aromatic carbocycles. The summed E-state index contributed by atoms with van der Waals surface area (Å²) in [7, 11) is 0. The number of nitrogens with zero attached hydrogens (tertiary/aromatic N) is 4. The lowest BCUT2D eigenvalue weighted by atomic mass is 10.1. The molecular formula is C14H9FN4S. The van der Waals surface area contributed by atoms with Gasteiger partial charge in [0.2, 0.25) is 0 Å². The minimum Gasteiger partial charge on any atom is -0.236 e. The highest BCUT2D eigenvalue weighted by atomic mass is 32.2. The molecule has 0 fully saturated rings. The second kappa shape index (κ2) is 4.94. The summed E-state index contributed by atoms with van der Waals surface area (Å²) in [6.07, 6.45) is 3.49. The molecule has 0 saturated heterocycles. The standard InChI is InChI=1S/C14H9FN4S/c1-20-14-11(8-16)13-17-7-6-12(19(13)18-14)9-2-4-10(15)5-3-9/h2-7H,1H3. The molecule has 0 radical (unpaired) electrons. The van der Waals surface area contributed by atoms with Crippen LogP contribution in [0.2, 0.25) is 0 Å². The van der Waals surface area contributed by atoms with Crippen LogP contribution in [-0.2, 0) is 0 Å². The lowest BCUT2D eigenvalue weighted by Gasteiger charge is -2.04. The molecule has 6 heteroatoms. The molecule has 0 bridgehead atoms. The third-order valence-corrected chi connectivity index (χ3v) is 3.60. The van der Waals surface area contributed by atoms with Crippen molar-refractivity contribution >= 4 is 17.4 Å². The highest BCUT2D eigenvalue weighted by molar-refractivity contribution is 7.98. The van der Waals surface area contributed by atoms with Gasteiger partial charge in [0.25, 0.3) is 0 Å². The molecule has 3 aromatic rings. The Morgan fingerprint density at radius 2 is 2.00 bits per heavy atom. The second-order valence-electron chi connectivity index (χ2n) is 4.07. The summed E-state index contributed by atoms with van der Waals surface area (Å²) < 4.78 is 14.6. The highest BCUT2D eigenvalue weighted by Gasteiger charge is 2.15. The molecule has 0 saturated carbocycles. The third kappa shape index (κ3) is 1.92. The Hall–Kier alpha value is -2.39. The Labute approximate surface area is 118 Å². The summed E-state index contributed by atoms with van der Waals surface area (Å²) in [5.74, 6) is -0.290. The Bertz CT molecular complexity index is 818. The summed E-state index contributed by atoms with van der Waals surface area (Å²) in [6, 6.07) is 10.1. The van der Waals surface area contributed by atoms with Gasteiger partial charge in [-0.15, -0.1) is 11.8 Å². The predicted molar refractivity (Wildman–Crippen MR) is 74.9 cm³/mol. The van der Waals surface area contributed by atoms with Crippen LogP contribution in [0.5, 0.6) is 0 Å². The van der Waals surface area contributed by atoms with E-state index in [1.54, 1.807) is 28.9 Å². The lowest BCUT2D eigenvalue weighted by molar-refractivity contribution is 0.628. The SMILES string of the molecule is CSc1nn2c(-c3ccc(F)cc3)ccnc2c1C#N. The zero-order valence-corrected chi connectivity index (χ0v) is 11.4. The van der Waals surface area contributed by atoms with E-state index in [0.29, 0.717) is 16.2 Å². The Morgan fingerprint density at radius 3 is 2.65 bits per heavy atom. The number of fused-ring (bicyclic) bond motifs is 1. The van der Waals surface area contributed by atoms with Crippen molar-refractivity contribution in [1.82, 2.24) is 14.6 Å². The first-order valence-corrected chi connectivity index (χ1v) is 7.05. The average molecular weight is 284 g/mol. The molecular weight excluding hydrogens is 275 g/mol. The molecule has 98 valence electrons. The van der Waals surface area contributed by atoms with Crippen molar-refractivity contribution in [3.63, 3.8) is 0 Å². The molecule has 0 aliphatic rings. The minimum atomic E-state index is -0.290. The summed E-state index contributed by atoms with van der Waals surface area (Å²) >= 11 is 1.40. The van der Waals surface area contributed by atoms with E-state index in [2.05, 4.69) is 16.2 Å². The Kier molecular flexibility index (Phi) is 3.12. The van der Waals surface area contributed by atoms with Crippen molar-refractivity contribution in [2.24, 2.45) is 0 Å². The van der Waals surface area contributed by atoms with Gasteiger partial charge in [-0.05, 0) is 36.6 Å². The van der Waals surface area contributed by atoms with Crippen LogP contribution in [0.4, 0.5) is 4.39 Å². The van der Waals surface area contributed by atoms with Crippen LogP contribution in [0.1, 0.15) is 5.56 Å². The molecule has 2 aromatic heterocycles. The number of halogens is 1. The van der Waals surface area contributed by atoms with Crippen LogP contribution in [0, 0.1) is 17.1 Å². The molecule has 0 spiro atoms. The molecule has 4 nitrogen and oxygen atoms in total. The van der Waals surface area contributed by atoms with Gasteiger partial charge in [-0.2, -0.15) is 10.4 Å². The van der Waals surface area contributed by atoms with Crippen LogP contribution in [0.3, 0.4) is 0 Å². The van der Waals surface area contributed by atoms with E-state index in [9.17, 15) is 9.65 Å². The number of hydrogen-bond acceptors (Lipinski definition) is 4. The Morgan fingerprint density at radius 1 is 1.25 bits per heavy atom. The molecule has 3 rings (SSSR count). The van der Waals surface area contributed by atoms with Gasteiger partial charge >= 0.3 is 0 Å². The first-order chi connectivity index (χ1) is 9.74. The van der Waals surface area contributed by atoms with Crippen molar-refractivity contribution in [2.75, 3.05) is 6.26 Å². The van der Waals surface area contributed by atoms with E-state index in [1.165, 1.54) is 23.9 Å². The largest absolute Gasteiger partial charge is 0.236 e. The number of thioether (sulfide) groups is 1.